The van der Waals surface area contributed by atoms with Crippen LogP contribution >= 0.6 is 0 Å². The fourth-order valence-electron chi connectivity index (χ4n) is 1.09. The SMILES string of the molecule is COC(=O)C(O)CNC(=O)c1ccc(C#N)cn1. The molecule has 0 aliphatic rings. The van der Waals surface area contributed by atoms with Crippen molar-refractivity contribution in [2.75, 3.05) is 13.7 Å². The van der Waals surface area contributed by atoms with Gasteiger partial charge in [-0.05, 0) is 12.1 Å². The lowest BCUT2D eigenvalue weighted by molar-refractivity contribution is -0.149. The van der Waals surface area contributed by atoms with Crippen LogP contribution in [0.25, 0.3) is 0 Å². The Labute approximate surface area is 103 Å². The number of aliphatic hydroxyl groups is 1. The molecular formula is C11H11N3O4. The molecule has 0 saturated heterocycles. The lowest BCUT2D eigenvalue weighted by Crippen LogP contribution is -2.37. The Kier molecular flexibility index (Phi) is 4.78. The summed E-state index contributed by atoms with van der Waals surface area (Å²) in [5.74, 6) is -1.38. The highest BCUT2D eigenvalue weighted by molar-refractivity contribution is 5.92. The van der Waals surface area contributed by atoms with Crippen LogP contribution in [0.5, 0.6) is 0 Å². The summed E-state index contributed by atoms with van der Waals surface area (Å²) in [6.07, 6.45) is -0.164. The first-order valence-electron chi connectivity index (χ1n) is 4.98. The molecule has 1 unspecified atom stereocenters. The maximum atomic E-state index is 11.5. The number of ether oxygens (including phenoxy) is 1. The molecule has 0 saturated carbocycles. The number of pyridine rings is 1. The third kappa shape index (κ3) is 3.54. The second-order valence-electron chi connectivity index (χ2n) is 3.29. The Morgan fingerprint density at radius 2 is 2.33 bits per heavy atom. The lowest BCUT2D eigenvalue weighted by atomic mass is 10.2. The van der Waals surface area contributed by atoms with Gasteiger partial charge in [0.15, 0.2) is 6.10 Å². The predicted molar refractivity (Wildman–Crippen MR) is 59.3 cm³/mol. The molecule has 7 heteroatoms. The van der Waals surface area contributed by atoms with Gasteiger partial charge in [0.05, 0.1) is 19.2 Å². The van der Waals surface area contributed by atoms with E-state index in [4.69, 9.17) is 5.26 Å². The molecule has 1 aromatic heterocycles. The smallest absolute Gasteiger partial charge is 0.336 e. The number of hydrogen-bond acceptors (Lipinski definition) is 6. The lowest BCUT2D eigenvalue weighted by Gasteiger charge is -2.09. The van der Waals surface area contributed by atoms with Crippen LogP contribution in [0, 0.1) is 11.3 Å². The van der Waals surface area contributed by atoms with Gasteiger partial charge < -0.3 is 15.2 Å². The minimum absolute atomic E-state index is 0.0889. The number of carbonyl (C=O) groups is 2. The zero-order valence-corrected chi connectivity index (χ0v) is 9.58. The Balaban J connectivity index is 2.55. The molecule has 0 aromatic carbocycles. The highest BCUT2D eigenvalue weighted by Gasteiger charge is 2.17. The number of nitrogens with one attached hydrogen (secondary N) is 1. The van der Waals surface area contributed by atoms with E-state index >= 15 is 0 Å². The molecule has 1 aromatic rings. The summed E-state index contributed by atoms with van der Waals surface area (Å²) < 4.78 is 4.29. The molecule has 1 amide bonds. The average Bonchev–Trinajstić information content (AvgIpc) is 2.43. The standard InChI is InChI=1S/C11H11N3O4/c1-18-11(17)9(15)6-14-10(16)8-3-2-7(4-12)5-13-8/h2-3,5,9,15H,6H2,1H3,(H,14,16). The fourth-order valence-corrected chi connectivity index (χ4v) is 1.09. The van der Waals surface area contributed by atoms with Crippen LogP contribution in [0.4, 0.5) is 0 Å². The van der Waals surface area contributed by atoms with Crippen LogP contribution in [0.3, 0.4) is 0 Å². The van der Waals surface area contributed by atoms with Crippen molar-refractivity contribution in [1.82, 2.24) is 10.3 Å². The van der Waals surface area contributed by atoms with Gasteiger partial charge in [-0.2, -0.15) is 5.26 Å². The van der Waals surface area contributed by atoms with E-state index in [9.17, 15) is 14.7 Å². The Hall–Kier alpha value is -2.46. The quantitative estimate of drug-likeness (QED) is 0.677. The third-order valence-electron chi connectivity index (χ3n) is 2.05. The largest absolute Gasteiger partial charge is 0.467 e. The number of esters is 1. The molecule has 0 spiro atoms. The molecule has 0 aliphatic carbocycles. The van der Waals surface area contributed by atoms with Crippen molar-refractivity contribution >= 4 is 11.9 Å². The molecule has 0 fully saturated rings. The second kappa shape index (κ2) is 6.32. The zero-order valence-electron chi connectivity index (χ0n) is 9.58. The van der Waals surface area contributed by atoms with E-state index in [0.717, 1.165) is 7.11 Å². The van der Waals surface area contributed by atoms with Gasteiger partial charge in [-0.15, -0.1) is 0 Å². The summed E-state index contributed by atoms with van der Waals surface area (Å²) in [6, 6.07) is 4.69. The summed E-state index contributed by atoms with van der Waals surface area (Å²) in [7, 11) is 1.13. The van der Waals surface area contributed by atoms with Crippen molar-refractivity contribution in [3.05, 3.63) is 29.6 Å². The van der Waals surface area contributed by atoms with Gasteiger partial charge in [-0.3, -0.25) is 4.79 Å². The molecule has 1 atom stereocenters. The summed E-state index contributed by atoms with van der Waals surface area (Å²) in [5.41, 5.74) is 0.423. The topological polar surface area (TPSA) is 112 Å². The maximum Gasteiger partial charge on any atom is 0.336 e. The Bertz CT molecular complexity index is 478. The minimum atomic E-state index is -1.42. The number of hydrogen-bond donors (Lipinski definition) is 2. The number of aliphatic hydroxyl groups excluding tert-OH is 1. The van der Waals surface area contributed by atoms with Crippen LogP contribution in [0.2, 0.25) is 0 Å². The Morgan fingerprint density at radius 1 is 1.61 bits per heavy atom. The molecule has 0 bridgehead atoms. The van der Waals surface area contributed by atoms with Gasteiger partial charge in [0, 0.05) is 6.20 Å². The van der Waals surface area contributed by atoms with Crippen LogP contribution < -0.4 is 5.32 Å². The fraction of sp³-hybridized carbons (Fsp3) is 0.273. The van der Waals surface area contributed by atoms with Gasteiger partial charge >= 0.3 is 5.97 Å². The molecular weight excluding hydrogens is 238 g/mol. The van der Waals surface area contributed by atoms with Crippen molar-refractivity contribution in [3.63, 3.8) is 0 Å². The predicted octanol–water partition coefficient (Wildman–Crippen LogP) is -0.783. The van der Waals surface area contributed by atoms with Gasteiger partial charge in [-0.1, -0.05) is 0 Å². The normalized spacial score (nSPS) is 11.2. The van der Waals surface area contributed by atoms with Gasteiger partial charge in [0.2, 0.25) is 0 Å². The number of methoxy groups -OCH3 is 1. The molecule has 1 rings (SSSR count). The molecule has 2 N–H and O–H groups in total. The molecule has 1 heterocycles. The van der Waals surface area contributed by atoms with Crippen LogP contribution in [-0.2, 0) is 9.53 Å². The zero-order chi connectivity index (χ0) is 13.5. The van der Waals surface area contributed by atoms with Gasteiger partial charge in [0.25, 0.3) is 5.91 Å². The molecule has 7 nitrogen and oxygen atoms in total. The van der Waals surface area contributed by atoms with E-state index < -0.39 is 18.0 Å². The summed E-state index contributed by atoms with van der Waals surface area (Å²) in [4.78, 5) is 26.2. The number of aromatic nitrogens is 1. The monoisotopic (exact) mass is 249 g/mol. The number of amides is 1. The first kappa shape index (κ1) is 13.6. The van der Waals surface area contributed by atoms with Crippen LogP contribution in [0.1, 0.15) is 16.1 Å². The number of rotatable bonds is 4. The summed E-state index contributed by atoms with van der Waals surface area (Å²) in [5, 5.41) is 20.1. The van der Waals surface area contributed by atoms with E-state index in [0.29, 0.717) is 5.56 Å². The minimum Gasteiger partial charge on any atom is -0.467 e. The third-order valence-corrected chi connectivity index (χ3v) is 2.05. The second-order valence-corrected chi connectivity index (χ2v) is 3.29. The highest BCUT2D eigenvalue weighted by atomic mass is 16.5. The van der Waals surface area contributed by atoms with Crippen molar-refractivity contribution in [3.8, 4) is 6.07 Å². The summed E-state index contributed by atoms with van der Waals surface area (Å²) in [6.45, 7) is -0.271. The van der Waals surface area contributed by atoms with Gasteiger partial charge in [-0.25, -0.2) is 9.78 Å². The van der Waals surface area contributed by atoms with E-state index in [1.54, 1.807) is 0 Å². The first-order chi connectivity index (χ1) is 8.58. The van der Waals surface area contributed by atoms with E-state index in [-0.39, 0.29) is 12.2 Å². The molecule has 0 aliphatic heterocycles. The van der Waals surface area contributed by atoms with Crippen LogP contribution in [0.15, 0.2) is 18.3 Å². The van der Waals surface area contributed by atoms with Crippen molar-refractivity contribution in [1.29, 1.82) is 5.26 Å². The molecule has 18 heavy (non-hydrogen) atoms. The molecule has 94 valence electrons. The van der Waals surface area contributed by atoms with Crippen molar-refractivity contribution in [2.45, 2.75) is 6.10 Å². The van der Waals surface area contributed by atoms with Crippen LogP contribution in [-0.4, -0.2) is 41.7 Å². The average molecular weight is 249 g/mol. The maximum absolute atomic E-state index is 11.5. The van der Waals surface area contributed by atoms with Gasteiger partial charge in [0.1, 0.15) is 11.8 Å². The van der Waals surface area contributed by atoms with E-state index in [2.05, 4.69) is 15.0 Å². The number of nitriles is 1. The molecule has 0 radical (unpaired) electrons. The summed E-state index contributed by atoms with van der Waals surface area (Å²) >= 11 is 0. The number of carbonyl (C=O) groups excluding carboxylic acids is 2. The van der Waals surface area contributed by atoms with Crippen molar-refractivity contribution < 1.29 is 19.4 Å². The van der Waals surface area contributed by atoms with Crippen molar-refractivity contribution in [2.24, 2.45) is 0 Å². The first-order valence-corrected chi connectivity index (χ1v) is 4.98. The highest BCUT2D eigenvalue weighted by Crippen LogP contribution is 1.98. The Morgan fingerprint density at radius 3 is 2.83 bits per heavy atom. The van der Waals surface area contributed by atoms with E-state index in [1.807, 2.05) is 6.07 Å². The number of nitrogens with zero attached hydrogens (tertiary/aromatic N) is 2. The van der Waals surface area contributed by atoms with E-state index in [1.165, 1.54) is 18.3 Å².